The lowest BCUT2D eigenvalue weighted by Crippen LogP contribution is -2.36. The molecule has 6 nitrogen and oxygen atoms in total. The fourth-order valence-corrected chi connectivity index (χ4v) is 3.85. The maximum atomic E-state index is 12.5. The fourth-order valence-electron chi connectivity index (χ4n) is 2.85. The predicted molar refractivity (Wildman–Crippen MR) is 82.1 cm³/mol. The van der Waals surface area contributed by atoms with E-state index in [4.69, 9.17) is 10.5 Å². The molecule has 1 unspecified atom stereocenters. The van der Waals surface area contributed by atoms with Crippen molar-refractivity contribution in [2.45, 2.75) is 30.3 Å². The van der Waals surface area contributed by atoms with E-state index >= 15 is 0 Å². The number of halogens is 4. The van der Waals surface area contributed by atoms with E-state index in [1.54, 1.807) is 0 Å². The number of alkyl halides is 3. The van der Waals surface area contributed by atoms with Crippen molar-refractivity contribution in [1.82, 2.24) is 0 Å². The lowest BCUT2D eigenvalue weighted by Gasteiger charge is -2.31. The summed E-state index contributed by atoms with van der Waals surface area (Å²) in [5.41, 5.74) is 0.522. The first kappa shape index (κ1) is 17.3. The highest BCUT2D eigenvalue weighted by atomic mass is 79.9. The van der Waals surface area contributed by atoms with Crippen LogP contribution in [0, 0.1) is 0 Å². The molecule has 0 fully saturated rings. The van der Waals surface area contributed by atoms with Gasteiger partial charge in [-0.25, -0.2) is 4.99 Å². The predicted octanol–water partition coefficient (Wildman–Crippen LogP) is 2.25. The van der Waals surface area contributed by atoms with Crippen LogP contribution < -0.4 is 9.92 Å². The van der Waals surface area contributed by atoms with Crippen molar-refractivity contribution in [2.24, 2.45) is 10.7 Å². The van der Waals surface area contributed by atoms with Gasteiger partial charge >= 0.3 is 15.6 Å². The smallest absolute Gasteiger partial charge is 0.463 e. The molecule has 24 heavy (non-hydrogen) atoms. The Hall–Kier alpha value is -1.49. The molecule has 1 aromatic carbocycles. The van der Waals surface area contributed by atoms with Crippen molar-refractivity contribution in [1.29, 1.82) is 0 Å². The summed E-state index contributed by atoms with van der Waals surface area (Å²) in [6, 6.07) is 2.72. The third kappa shape index (κ3) is 2.94. The molecule has 132 valence electrons. The Balaban J connectivity index is 1.98. The first-order chi connectivity index (χ1) is 11.0. The van der Waals surface area contributed by atoms with Gasteiger partial charge in [-0.05, 0) is 30.5 Å². The molecule has 2 N–H and O–H groups in total. The maximum absolute atomic E-state index is 12.5. The zero-order valence-electron chi connectivity index (χ0n) is 12.1. The van der Waals surface area contributed by atoms with E-state index in [0.29, 0.717) is 28.4 Å². The van der Waals surface area contributed by atoms with Gasteiger partial charge in [0.15, 0.2) is 0 Å². The number of nitrogens with zero attached hydrogens (tertiary/aromatic N) is 1. The van der Waals surface area contributed by atoms with Crippen molar-refractivity contribution < 1.29 is 30.5 Å². The SMILES string of the molecule is NC1=NC2(CCc3c(OS(=O)(=O)C(F)(F)F)ccc(Br)c3C2)CO1. The molecule has 1 aliphatic carbocycles. The molecule has 3 rings (SSSR count). The van der Waals surface area contributed by atoms with Gasteiger partial charge < -0.3 is 14.7 Å². The van der Waals surface area contributed by atoms with Crippen molar-refractivity contribution in [3.63, 3.8) is 0 Å². The summed E-state index contributed by atoms with van der Waals surface area (Å²) in [7, 11) is -5.72. The van der Waals surface area contributed by atoms with Gasteiger partial charge in [0, 0.05) is 16.5 Å². The molecule has 11 heteroatoms. The molecule has 1 atom stereocenters. The first-order valence-electron chi connectivity index (χ1n) is 6.82. The van der Waals surface area contributed by atoms with Gasteiger partial charge in [0.2, 0.25) is 0 Å². The minimum Gasteiger partial charge on any atom is -0.463 e. The van der Waals surface area contributed by atoms with E-state index in [1.165, 1.54) is 12.1 Å². The number of benzene rings is 1. The molecular weight excluding hydrogens is 417 g/mol. The van der Waals surface area contributed by atoms with Crippen molar-refractivity contribution in [3.8, 4) is 5.75 Å². The fraction of sp³-hybridized carbons (Fsp3) is 0.462. The summed E-state index contributed by atoms with van der Waals surface area (Å²) in [5, 5.41) is 0. The highest BCUT2D eigenvalue weighted by molar-refractivity contribution is 9.10. The van der Waals surface area contributed by atoms with Gasteiger partial charge in [-0.1, -0.05) is 15.9 Å². The minimum absolute atomic E-state index is 0.0710. The molecule has 0 bridgehead atoms. The Morgan fingerprint density at radius 1 is 1.33 bits per heavy atom. The number of hydrogen-bond donors (Lipinski definition) is 1. The van der Waals surface area contributed by atoms with Crippen LogP contribution in [-0.2, 0) is 27.7 Å². The molecule has 1 aliphatic heterocycles. The van der Waals surface area contributed by atoms with Gasteiger partial charge in [0.05, 0.1) is 0 Å². The van der Waals surface area contributed by atoms with E-state index in [9.17, 15) is 21.6 Å². The molecule has 1 spiro atoms. The van der Waals surface area contributed by atoms with Gasteiger partial charge in [-0.3, -0.25) is 0 Å². The van der Waals surface area contributed by atoms with Crippen molar-refractivity contribution in [3.05, 3.63) is 27.7 Å². The van der Waals surface area contributed by atoms with Crippen LogP contribution in [0.3, 0.4) is 0 Å². The number of fused-ring (bicyclic) bond motifs is 1. The Bertz CT molecular complexity index is 825. The van der Waals surface area contributed by atoms with E-state index < -0.39 is 21.2 Å². The molecule has 0 radical (unpaired) electrons. The molecule has 1 aromatic rings. The largest absolute Gasteiger partial charge is 0.534 e. The number of hydrogen-bond acceptors (Lipinski definition) is 6. The average molecular weight is 429 g/mol. The summed E-state index contributed by atoms with van der Waals surface area (Å²) in [6.07, 6.45) is 1.10. The Morgan fingerprint density at radius 2 is 2.04 bits per heavy atom. The van der Waals surface area contributed by atoms with Crippen LogP contribution in [-0.4, -0.2) is 32.1 Å². The first-order valence-corrected chi connectivity index (χ1v) is 9.02. The highest BCUT2D eigenvalue weighted by Crippen LogP contribution is 2.42. The van der Waals surface area contributed by atoms with Gasteiger partial charge in [-0.15, -0.1) is 0 Å². The lowest BCUT2D eigenvalue weighted by atomic mass is 9.79. The maximum Gasteiger partial charge on any atom is 0.534 e. The van der Waals surface area contributed by atoms with E-state index in [0.717, 1.165) is 0 Å². The van der Waals surface area contributed by atoms with Crippen LogP contribution >= 0.6 is 15.9 Å². The van der Waals surface area contributed by atoms with Crippen LogP contribution in [0.1, 0.15) is 17.5 Å². The van der Waals surface area contributed by atoms with E-state index in [2.05, 4.69) is 25.1 Å². The van der Waals surface area contributed by atoms with Gasteiger partial charge in [-0.2, -0.15) is 21.6 Å². The monoisotopic (exact) mass is 428 g/mol. The van der Waals surface area contributed by atoms with Crippen LogP contribution in [0.2, 0.25) is 0 Å². The molecule has 0 amide bonds. The summed E-state index contributed by atoms with van der Waals surface area (Å²) in [5.74, 6) is -0.323. The Morgan fingerprint density at radius 3 is 2.62 bits per heavy atom. The molecule has 0 aromatic heterocycles. The molecule has 1 heterocycles. The standard InChI is InChI=1S/C13H12BrF3N2O4S/c14-9-1-2-10(23-24(20,21)13(15,16)17)7-3-4-12(5-8(7)9)6-22-11(18)19-12/h1-2H,3-6H2,(H2,18,19). The zero-order valence-corrected chi connectivity index (χ0v) is 14.5. The van der Waals surface area contributed by atoms with E-state index in [-0.39, 0.29) is 24.8 Å². The summed E-state index contributed by atoms with van der Waals surface area (Å²) in [4.78, 5) is 4.28. The van der Waals surface area contributed by atoms with Crippen molar-refractivity contribution >= 4 is 32.1 Å². The quantitative estimate of drug-likeness (QED) is 0.576. The minimum atomic E-state index is -5.72. The summed E-state index contributed by atoms with van der Waals surface area (Å²) >= 11 is 3.33. The van der Waals surface area contributed by atoms with Gasteiger partial charge in [0.25, 0.3) is 6.02 Å². The van der Waals surface area contributed by atoms with Crippen LogP contribution in [0.15, 0.2) is 21.6 Å². The van der Waals surface area contributed by atoms with Gasteiger partial charge in [0.1, 0.15) is 17.9 Å². The molecule has 0 saturated heterocycles. The van der Waals surface area contributed by atoms with Crippen LogP contribution in [0.5, 0.6) is 5.75 Å². The number of amidine groups is 1. The second kappa shape index (κ2) is 5.51. The topological polar surface area (TPSA) is 91.0 Å². The Labute approximate surface area is 144 Å². The number of aliphatic imine (C=N–C) groups is 1. The average Bonchev–Trinajstić information content (AvgIpc) is 2.82. The number of rotatable bonds is 2. The normalized spacial score (nSPS) is 23.6. The van der Waals surface area contributed by atoms with Crippen LogP contribution in [0.4, 0.5) is 13.2 Å². The number of nitrogens with two attached hydrogens (primary N) is 1. The lowest BCUT2D eigenvalue weighted by molar-refractivity contribution is -0.0500. The Kier molecular flexibility index (Phi) is 3.98. The second-order valence-electron chi connectivity index (χ2n) is 5.63. The third-order valence-electron chi connectivity index (χ3n) is 4.00. The second-order valence-corrected chi connectivity index (χ2v) is 8.02. The number of ether oxygens (including phenoxy) is 1. The zero-order chi connectivity index (χ0) is 17.8. The highest BCUT2D eigenvalue weighted by Gasteiger charge is 2.49. The summed E-state index contributed by atoms with van der Waals surface area (Å²) in [6.45, 7) is 0.274. The molecule has 0 saturated carbocycles. The third-order valence-corrected chi connectivity index (χ3v) is 5.71. The molecule has 2 aliphatic rings. The molecular formula is C13H12BrF3N2O4S. The van der Waals surface area contributed by atoms with E-state index in [1.807, 2.05) is 0 Å². The van der Waals surface area contributed by atoms with Crippen molar-refractivity contribution in [2.75, 3.05) is 6.61 Å². The van der Waals surface area contributed by atoms with Crippen LogP contribution in [0.25, 0.3) is 0 Å². The summed E-state index contributed by atoms with van der Waals surface area (Å²) < 4.78 is 70.3.